The van der Waals surface area contributed by atoms with E-state index in [1.807, 2.05) is 31.2 Å². The lowest BCUT2D eigenvalue weighted by Gasteiger charge is -2.03. The van der Waals surface area contributed by atoms with Gasteiger partial charge in [-0.15, -0.1) is 0 Å². The van der Waals surface area contributed by atoms with E-state index in [9.17, 15) is 9.18 Å². The maximum atomic E-state index is 13.5. The summed E-state index contributed by atoms with van der Waals surface area (Å²) in [5.74, 6) is -0.549. The molecule has 1 N–H and O–H groups in total. The molecule has 108 valence electrons. The summed E-state index contributed by atoms with van der Waals surface area (Å²) in [6.07, 6.45) is 2.91. The van der Waals surface area contributed by atoms with Crippen LogP contribution in [0.15, 0.2) is 48.5 Å². The summed E-state index contributed by atoms with van der Waals surface area (Å²) >= 11 is 0. The Morgan fingerprint density at radius 2 is 2.05 bits per heavy atom. The zero-order valence-electron chi connectivity index (χ0n) is 11.9. The van der Waals surface area contributed by atoms with Crippen molar-refractivity contribution in [1.29, 1.82) is 0 Å². The van der Waals surface area contributed by atoms with Gasteiger partial charge in [-0.05, 0) is 48.4 Å². The van der Waals surface area contributed by atoms with Crippen molar-refractivity contribution in [1.82, 2.24) is 0 Å². The van der Waals surface area contributed by atoms with Crippen LogP contribution in [0.5, 0.6) is 5.75 Å². The van der Waals surface area contributed by atoms with Crippen LogP contribution in [0, 0.1) is 12.7 Å². The number of halogens is 1. The second kappa shape index (κ2) is 6.70. The van der Waals surface area contributed by atoms with E-state index >= 15 is 0 Å². The molecule has 0 radical (unpaired) electrons. The molecule has 0 heterocycles. The summed E-state index contributed by atoms with van der Waals surface area (Å²) in [4.78, 5) is 11.8. The molecule has 4 heteroatoms. The van der Waals surface area contributed by atoms with Gasteiger partial charge in [0.1, 0.15) is 0 Å². The van der Waals surface area contributed by atoms with Crippen LogP contribution in [-0.4, -0.2) is 13.0 Å². The highest BCUT2D eigenvalue weighted by atomic mass is 19.1. The zero-order valence-corrected chi connectivity index (χ0v) is 11.9. The van der Waals surface area contributed by atoms with Gasteiger partial charge < -0.3 is 10.1 Å². The lowest BCUT2D eigenvalue weighted by molar-refractivity contribution is -0.111. The minimum Gasteiger partial charge on any atom is -0.494 e. The Morgan fingerprint density at radius 3 is 2.71 bits per heavy atom. The first kappa shape index (κ1) is 14.8. The number of rotatable bonds is 4. The molecule has 2 rings (SSSR count). The van der Waals surface area contributed by atoms with Gasteiger partial charge in [-0.1, -0.05) is 18.2 Å². The van der Waals surface area contributed by atoms with E-state index in [2.05, 4.69) is 5.32 Å². The van der Waals surface area contributed by atoms with E-state index < -0.39 is 5.82 Å². The minimum absolute atomic E-state index is 0.177. The fraction of sp³-hybridized carbons (Fsp3) is 0.118. The van der Waals surface area contributed by atoms with Crippen molar-refractivity contribution in [2.75, 3.05) is 12.4 Å². The first-order valence-electron chi connectivity index (χ1n) is 6.48. The summed E-state index contributed by atoms with van der Waals surface area (Å²) in [7, 11) is 1.41. The molecule has 0 aromatic heterocycles. The molecule has 0 aliphatic carbocycles. The van der Waals surface area contributed by atoms with Gasteiger partial charge in [0.2, 0.25) is 5.91 Å². The van der Waals surface area contributed by atoms with Crippen molar-refractivity contribution in [2.45, 2.75) is 6.92 Å². The molecule has 0 aliphatic rings. The van der Waals surface area contributed by atoms with Crippen LogP contribution in [0.3, 0.4) is 0 Å². The Balaban J connectivity index is 2.03. The van der Waals surface area contributed by atoms with Crippen LogP contribution < -0.4 is 10.1 Å². The van der Waals surface area contributed by atoms with Crippen molar-refractivity contribution < 1.29 is 13.9 Å². The normalized spacial score (nSPS) is 10.6. The van der Waals surface area contributed by atoms with Gasteiger partial charge in [0, 0.05) is 11.8 Å². The second-order valence-electron chi connectivity index (χ2n) is 4.59. The van der Waals surface area contributed by atoms with Crippen molar-refractivity contribution in [3.8, 4) is 5.75 Å². The summed E-state index contributed by atoms with van der Waals surface area (Å²) in [5, 5.41) is 2.75. The smallest absolute Gasteiger partial charge is 0.248 e. The molecule has 0 aliphatic heterocycles. The maximum absolute atomic E-state index is 13.5. The van der Waals surface area contributed by atoms with Gasteiger partial charge in [0.25, 0.3) is 0 Å². The Labute approximate surface area is 123 Å². The zero-order chi connectivity index (χ0) is 15.2. The molecule has 0 atom stereocenters. The van der Waals surface area contributed by atoms with Gasteiger partial charge >= 0.3 is 0 Å². The monoisotopic (exact) mass is 285 g/mol. The topological polar surface area (TPSA) is 38.3 Å². The van der Waals surface area contributed by atoms with Crippen LogP contribution in [0.1, 0.15) is 11.1 Å². The third kappa shape index (κ3) is 4.18. The SMILES string of the molecule is COc1ccc(/C=C/C(=O)Nc2cccc(C)c2)cc1F. The highest BCUT2D eigenvalue weighted by molar-refractivity contribution is 6.01. The number of carbonyl (C=O) groups is 1. The third-order valence-electron chi connectivity index (χ3n) is 2.89. The number of ether oxygens (including phenoxy) is 1. The first-order valence-corrected chi connectivity index (χ1v) is 6.48. The standard InChI is InChI=1S/C17H16FNO2/c1-12-4-3-5-14(10-12)19-17(20)9-7-13-6-8-16(21-2)15(18)11-13/h3-11H,1-2H3,(H,19,20)/b9-7+. The van der Waals surface area contributed by atoms with Gasteiger partial charge in [-0.3, -0.25) is 4.79 Å². The fourth-order valence-corrected chi connectivity index (χ4v) is 1.86. The van der Waals surface area contributed by atoms with Crippen LogP contribution >= 0.6 is 0 Å². The molecule has 3 nitrogen and oxygen atoms in total. The van der Waals surface area contributed by atoms with Crippen molar-refractivity contribution in [2.24, 2.45) is 0 Å². The molecule has 0 saturated heterocycles. The number of aryl methyl sites for hydroxylation is 1. The van der Waals surface area contributed by atoms with Crippen LogP contribution in [0.2, 0.25) is 0 Å². The Kier molecular flexibility index (Phi) is 4.72. The lowest BCUT2D eigenvalue weighted by atomic mass is 10.2. The third-order valence-corrected chi connectivity index (χ3v) is 2.89. The molecule has 0 fully saturated rings. The molecule has 0 saturated carbocycles. The van der Waals surface area contributed by atoms with Crippen LogP contribution in [0.4, 0.5) is 10.1 Å². The van der Waals surface area contributed by atoms with Crippen LogP contribution in [-0.2, 0) is 4.79 Å². The predicted molar refractivity (Wildman–Crippen MR) is 81.8 cm³/mol. The number of anilines is 1. The average Bonchev–Trinajstić information content (AvgIpc) is 2.45. The molecular formula is C17H16FNO2. The van der Waals surface area contributed by atoms with Gasteiger partial charge in [-0.2, -0.15) is 0 Å². The summed E-state index contributed by atoms with van der Waals surface area (Å²) in [6.45, 7) is 1.95. The molecule has 2 aromatic carbocycles. The molecule has 2 aromatic rings. The maximum Gasteiger partial charge on any atom is 0.248 e. The van der Waals surface area contributed by atoms with E-state index in [4.69, 9.17) is 4.74 Å². The molecule has 0 bridgehead atoms. The minimum atomic E-state index is -0.459. The quantitative estimate of drug-likeness (QED) is 0.868. The van der Waals surface area contributed by atoms with Gasteiger partial charge in [0.15, 0.2) is 11.6 Å². The fourth-order valence-electron chi connectivity index (χ4n) is 1.86. The average molecular weight is 285 g/mol. The number of benzene rings is 2. The highest BCUT2D eigenvalue weighted by Gasteiger charge is 2.02. The number of hydrogen-bond donors (Lipinski definition) is 1. The lowest BCUT2D eigenvalue weighted by Crippen LogP contribution is -2.07. The number of carbonyl (C=O) groups excluding carboxylic acids is 1. The Morgan fingerprint density at radius 1 is 1.24 bits per heavy atom. The summed E-state index contributed by atoms with van der Waals surface area (Å²) < 4.78 is 18.3. The second-order valence-corrected chi connectivity index (χ2v) is 4.59. The van der Waals surface area contributed by atoms with E-state index in [0.717, 1.165) is 11.3 Å². The summed E-state index contributed by atoms with van der Waals surface area (Å²) in [5.41, 5.74) is 2.38. The highest BCUT2D eigenvalue weighted by Crippen LogP contribution is 2.18. The van der Waals surface area contributed by atoms with Gasteiger partial charge in [-0.25, -0.2) is 4.39 Å². The number of hydrogen-bond acceptors (Lipinski definition) is 2. The van der Waals surface area contributed by atoms with Crippen molar-refractivity contribution in [3.63, 3.8) is 0 Å². The molecule has 21 heavy (non-hydrogen) atoms. The Bertz CT molecular complexity index is 680. The van der Waals surface area contributed by atoms with Crippen molar-refractivity contribution >= 4 is 17.7 Å². The van der Waals surface area contributed by atoms with E-state index in [1.54, 1.807) is 12.1 Å². The molecule has 0 unspecified atom stereocenters. The molecule has 1 amide bonds. The Hall–Kier alpha value is -2.62. The molecular weight excluding hydrogens is 269 g/mol. The van der Waals surface area contributed by atoms with E-state index in [1.165, 1.54) is 25.3 Å². The van der Waals surface area contributed by atoms with Gasteiger partial charge in [0.05, 0.1) is 7.11 Å². The van der Waals surface area contributed by atoms with E-state index in [0.29, 0.717) is 5.56 Å². The number of methoxy groups -OCH3 is 1. The first-order chi connectivity index (χ1) is 10.1. The van der Waals surface area contributed by atoms with Crippen molar-refractivity contribution in [3.05, 3.63) is 65.5 Å². The largest absolute Gasteiger partial charge is 0.494 e. The number of amides is 1. The van der Waals surface area contributed by atoms with Crippen LogP contribution in [0.25, 0.3) is 6.08 Å². The number of nitrogens with one attached hydrogen (secondary N) is 1. The predicted octanol–water partition coefficient (Wildman–Crippen LogP) is 3.79. The molecule has 0 spiro atoms. The summed E-state index contributed by atoms with van der Waals surface area (Å²) in [6, 6.07) is 12.0. The van der Waals surface area contributed by atoms with E-state index in [-0.39, 0.29) is 11.7 Å².